The van der Waals surface area contributed by atoms with Crippen molar-refractivity contribution >= 4 is 18.2 Å². The van der Waals surface area contributed by atoms with Gasteiger partial charge in [0.05, 0.1) is 25.0 Å². The van der Waals surface area contributed by atoms with E-state index >= 15 is 0 Å². The summed E-state index contributed by atoms with van der Waals surface area (Å²) in [5.74, 6) is -0.119. The number of esters is 2. The van der Waals surface area contributed by atoms with Gasteiger partial charge in [0.2, 0.25) is 0 Å². The average Bonchev–Trinajstić information content (AvgIpc) is 3.59. The van der Waals surface area contributed by atoms with Crippen LogP contribution >= 0.6 is 0 Å². The van der Waals surface area contributed by atoms with Crippen LogP contribution in [0.2, 0.25) is 0 Å². The molecule has 4 unspecified atom stereocenters. The lowest BCUT2D eigenvalue weighted by molar-refractivity contribution is -0.144. The molecule has 2 aliphatic rings. The average molecular weight is 539 g/mol. The van der Waals surface area contributed by atoms with Crippen LogP contribution in [0.1, 0.15) is 104 Å². The number of unbranched alkanes of at least 4 members (excludes halogenated alkanes) is 4. The Hall–Kier alpha value is -2.69. The fourth-order valence-electron chi connectivity index (χ4n) is 6.03. The highest BCUT2D eigenvalue weighted by Crippen LogP contribution is 2.45. The van der Waals surface area contributed by atoms with E-state index in [0.29, 0.717) is 19.6 Å². The van der Waals surface area contributed by atoms with Gasteiger partial charge in [-0.25, -0.2) is 0 Å². The smallest absolute Gasteiger partial charge is 0.309 e. The zero-order chi connectivity index (χ0) is 28.7. The lowest BCUT2D eigenvalue weighted by Gasteiger charge is -2.35. The van der Waals surface area contributed by atoms with Crippen molar-refractivity contribution in [2.75, 3.05) is 13.2 Å². The molecule has 5 nitrogen and oxygen atoms in total. The molecule has 0 spiro atoms. The quantitative estimate of drug-likeness (QED) is 0.104. The maximum absolute atomic E-state index is 12.0. The summed E-state index contributed by atoms with van der Waals surface area (Å²) in [6.07, 6.45) is 16.9. The number of carbonyl (C=O) groups is 3. The molecule has 0 saturated carbocycles. The van der Waals surface area contributed by atoms with E-state index in [0.717, 1.165) is 44.8 Å². The monoisotopic (exact) mass is 538 g/mol. The lowest BCUT2D eigenvalue weighted by Crippen LogP contribution is -2.35. The van der Waals surface area contributed by atoms with Gasteiger partial charge in [0.1, 0.15) is 6.29 Å². The maximum Gasteiger partial charge on any atom is 0.309 e. The summed E-state index contributed by atoms with van der Waals surface area (Å²) in [7, 11) is 0. The van der Waals surface area contributed by atoms with Crippen LogP contribution in [0, 0.1) is 17.3 Å². The molecule has 3 rings (SSSR count). The molecule has 0 bridgehead atoms. The Morgan fingerprint density at radius 3 is 2.08 bits per heavy atom. The third-order valence-electron chi connectivity index (χ3n) is 8.85. The summed E-state index contributed by atoms with van der Waals surface area (Å²) in [5, 5.41) is 0. The Bertz CT molecular complexity index is 965. The van der Waals surface area contributed by atoms with E-state index in [1.165, 1.54) is 30.4 Å². The Kier molecular flexibility index (Phi) is 13.7. The van der Waals surface area contributed by atoms with Crippen molar-refractivity contribution in [2.45, 2.75) is 104 Å². The molecular weight excluding hydrogens is 488 g/mol. The van der Waals surface area contributed by atoms with Crippen LogP contribution in [0.4, 0.5) is 0 Å². The Morgan fingerprint density at radius 1 is 0.923 bits per heavy atom. The summed E-state index contributed by atoms with van der Waals surface area (Å²) >= 11 is 0. The van der Waals surface area contributed by atoms with Gasteiger partial charge in [-0.05, 0) is 51.5 Å². The van der Waals surface area contributed by atoms with E-state index in [1.54, 1.807) is 0 Å². The number of hydrogen-bond acceptors (Lipinski definition) is 5. The normalized spacial score (nSPS) is 22.4. The van der Waals surface area contributed by atoms with E-state index in [9.17, 15) is 14.4 Å². The molecule has 2 fully saturated rings. The van der Waals surface area contributed by atoms with E-state index in [1.807, 2.05) is 31.2 Å². The molecule has 216 valence electrons. The lowest BCUT2D eigenvalue weighted by atomic mass is 9.68. The van der Waals surface area contributed by atoms with Crippen molar-refractivity contribution in [1.29, 1.82) is 0 Å². The molecule has 39 heavy (non-hydrogen) atoms. The summed E-state index contributed by atoms with van der Waals surface area (Å²) < 4.78 is 10.4. The molecule has 1 aromatic rings. The molecule has 0 amide bonds. The predicted octanol–water partition coefficient (Wildman–Crippen LogP) is 7.93. The van der Waals surface area contributed by atoms with Crippen LogP contribution in [-0.2, 0) is 29.3 Å². The molecule has 0 N–H and O–H groups in total. The minimum atomic E-state index is -0.197. The second kappa shape index (κ2) is 16.4. The minimum absolute atomic E-state index is 0.00720. The van der Waals surface area contributed by atoms with Crippen LogP contribution < -0.4 is 0 Å². The number of hydrogen-bond donors (Lipinski definition) is 0. The van der Waals surface area contributed by atoms with Crippen molar-refractivity contribution in [3.8, 4) is 0 Å². The third kappa shape index (κ3) is 8.91. The van der Waals surface area contributed by atoms with Crippen molar-refractivity contribution in [3.63, 3.8) is 0 Å². The molecule has 2 saturated heterocycles. The number of allylic oxidation sites excluding steroid dienone is 4. The highest BCUT2D eigenvalue weighted by atomic mass is 16.5. The predicted molar refractivity (Wildman–Crippen MR) is 157 cm³/mol. The molecule has 2 heterocycles. The highest BCUT2D eigenvalue weighted by Gasteiger charge is 2.44. The number of ether oxygens (including phenoxy) is 2. The second-order valence-electron chi connectivity index (χ2n) is 11.5. The first kappa shape index (κ1) is 32.5. The summed E-state index contributed by atoms with van der Waals surface area (Å²) in [6.45, 7) is 11.9. The summed E-state index contributed by atoms with van der Waals surface area (Å²) in [5.41, 5.74) is 2.24. The SMILES string of the molecule is C/C=C\C=C(/C)C(C)(CCCCC)C1CCOC1=O.CC(CCCCC=O)(c1ccccc1)C1CCOC1=O. The first-order valence-electron chi connectivity index (χ1n) is 14.9. The van der Waals surface area contributed by atoms with Crippen LogP contribution in [0.3, 0.4) is 0 Å². The van der Waals surface area contributed by atoms with Gasteiger partial charge in [-0.2, -0.15) is 0 Å². The van der Waals surface area contributed by atoms with Gasteiger partial charge in [-0.3, -0.25) is 9.59 Å². The Balaban J connectivity index is 0.000000274. The van der Waals surface area contributed by atoms with Crippen molar-refractivity contribution in [3.05, 3.63) is 59.7 Å². The first-order valence-corrected chi connectivity index (χ1v) is 14.9. The molecule has 2 aliphatic heterocycles. The van der Waals surface area contributed by atoms with Crippen LogP contribution in [0.15, 0.2) is 54.1 Å². The molecule has 0 aliphatic carbocycles. The Labute approximate surface area is 236 Å². The van der Waals surface area contributed by atoms with E-state index in [-0.39, 0.29) is 34.6 Å². The van der Waals surface area contributed by atoms with Gasteiger partial charge in [0, 0.05) is 17.3 Å². The summed E-state index contributed by atoms with van der Waals surface area (Å²) in [6, 6.07) is 10.2. The summed E-state index contributed by atoms with van der Waals surface area (Å²) in [4.78, 5) is 34.4. The Morgan fingerprint density at radius 2 is 1.54 bits per heavy atom. The van der Waals surface area contributed by atoms with Gasteiger partial charge in [0.25, 0.3) is 0 Å². The van der Waals surface area contributed by atoms with Gasteiger partial charge in [-0.15, -0.1) is 0 Å². The zero-order valence-corrected chi connectivity index (χ0v) is 24.9. The van der Waals surface area contributed by atoms with Crippen molar-refractivity contribution in [2.24, 2.45) is 17.3 Å². The first-order chi connectivity index (χ1) is 18.7. The third-order valence-corrected chi connectivity index (χ3v) is 8.85. The van der Waals surface area contributed by atoms with Gasteiger partial charge >= 0.3 is 11.9 Å². The molecule has 0 radical (unpaired) electrons. The number of aldehydes is 1. The molecule has 5 heteroatoms. The number of cyclic esters (lactones) is 2. The second-order valence-corrected chi connectivity index (χ2v) is 11.5. The van der Waals surface area contributed by atoms with Gasteiger partial charge in [0.15, 0.2) is 0 Å². The highest BCUT2D eigenvalue weighted by molar-refractivity contribution is 5.76. The molecule has 4 atom stereocenters. The molecule has 0 aromatic heterocycles. The number of carbonyl (C=O) groups excluding carboxylic acids is 3. The maximum atomic E-state index is 12.0. The molecule has 1 aromatic carbocycles. The number of rotatable bonds is 14. The number of benzene rings is 1. The zero-order valence-electron chi connectivity index (χ0n) is 24.9. The fraction of sp³-hybridized carbons (Fsp3) is 0.618. The minimum Gasteiger partial charge on any atom is -0.465 e. The van der Waals surface area contributed by atoms with Crippen LogP contribution in [0.25, 0.3) is 0 Å². The van der Waals surface area contributed by atoms with Crippen LogP contribution in [0.5, 0.6) is 0 Å². The topological polar surface area (TPSA) is 69.7 Å². The van der Waals surface area contributed by atoms with Gasteiger partial charge < -0.3 is 14.3 Å². The largest absolute Gasteiger partial charge is 0.465 e. The van der Waals surface area contributed by atoms with Crippen LogP contribution in [-0.4, -0.2) is 31.4 Å². The standard InChI is InChI=1S/C17H22O3.C17H28O2/c1-17(11-6-3-7-12-18,14-8-4-2-5-9-14)15-10-13-20-16(15)19;1-5-7-9-12-17(4,14(3)10-8-6-2)15-11-13-19-16(15)18/h2,4-5,8-9,12,15H,3,6-7,10-11,13H2,1H3;6,8,10,15H,5,7,9,11-13H2,1-4H3/b;8-6-,14-10+. The van der Waals surface area contributed by atoms with E-state index < -0.39 is 0 Å². The van der Waals surface area contributed by atoms with Gasteiger partial charge in [-0.1, -0.05) is 101 Å². The van der Waals surface area contributed by atoms with Crippen molar-refractivity contribution < 1.29 is 23.9 Å². The van der Waals surface area contributed by atoms with Crippen molar-refractivity contribution in [1.82, 2.24) is 0 Å². The van der Waals surface area contributed by atoms with E-state index in [2.05, 4.69) is 52.0 Å². The fourth-order valence-corrected chi connectivity index (χ4v) is 6.03. The van der Waals surface area contributed by atoms with E-state index in [4.69, 9.17) is 9.47 Å². The molecular formula is C34H50O5.